The van der Waals surface area contributed by atoms with E-state index in [0.29, 0.717) is 21.3 Å². The molecule has 3 aromatic rings. The number of pyridine rings is 1. The molecule has 150 valence electrons. The first kappa shape index (κ1) is 20.9. The molecule has 0 fully saturated rings. The number of rotatable bonds is 6. The highest BCUT2D eigenvalue weighted by Crippen LogP contribution is 2.19. The molecule has 6 nitrogen and oxygen atoms in total. The number of sulfonamides is 1. The van der Waals surface area contributed by atoms with Crippen LogP contribution in [0.3, 0.4) is 0 Å². The van der Waals surface area contributed by atoms with Gasteiger partial charge in [0.2, 0.25) is 0 Å². The Morgan fingerprint density at radius 1 is 1.10 bits per heavy atom. The molecule has 1 amide bonds. The molecular formula is C20H17BrFN3O3S. The zero-order valence-electron chi connectivity index (χ0n) is 15.3. The van der Waals surface area contributed by atoms with E-state index >= 15 is 0 Å². The van der Waals surface area contributed by atoms with Crippen LogP contribution < -0.4 is 4.72 Å². The number of hydrogen-bond donors (Lipinski definition) is 1. The molecule has 0 bridgehead atoms. The van der Waals surface area contributed by atoms with Crippen LogP contribution in [-0.4, -0.2) is 31.3 Å². The van der Waals surface area contributed by atoms with Gasteiger partial charge in [-0.3, -0.25) is 14.5 Å². The highest BCUT2D eigenvalue weighted by atomic mass is 79.9. The van der Waals surface area contributed by atoms with Gasteiger partial charge in [0.25, 0.3) is 15.9 Å². The minimum absolute atomic E-state index is 0.0200. The summed E-state index contributed by atoms with van der Waals surface area (Å²) in [4.78, 5) is 17.8. The molecule has 0 aliphatic heterocycles. The number of hydrogen-bond acceptors (Lipinski definition) is 4. The zero-order valence-corrected chi connectivity index (χ0v) is 17.7. The van der Waals surface area contributed by atoms with Gasteiger partial charge >= 0.3 is 0 Å². The summed E-state index contributed by atoms with van der Waals surface area (Å²) >= 11 is 3.28. The molecule has 0 spiro atoms. The average molecular weight is 478 g/mol. The Morgan fingerprint density at radius 2 is 1.76 bits per heavy atom. The maximum atomic E-state index is 13.9. The maximum Gasteiger partial charge on any atom is 0.261 e. The summed E-state index contributed by atoms with van der Waals surface area (Å²) in [7, 11) is -2.24. The van der Waals surface area contributed by atoms with Crippen LogP contribution in [0.2, 0.25) is 0 Å². The van der Waals surface area contributed by atoms with Crippen molar-refractivity contribution >= 4 is 37.5 Å². The minimum Gasteiger partial charge on any atom is -0.337 e. The third-order valence-corrected chi connectivity index (χ3v) is 6.00. The van der Waals surface area contributed by atoms with E-state index in [1.165, 1.54) is 59.8 Å². The molecule has 1 aromatic heterocycles. The number of anilines is 1. The summed E-state index contributed by atoms with van der Waals surface area (Å²) in [6, 6.07) is 13.1. The Hall–Kier alpha value is -2.78. The summed E-state index contributed by atoms with van der Waals surface area (Å²) in [6.45, 7) is 0.0771. The molecule has 9 heteroatoms. The normalized spacial score (nSPS) is 11.1. The van der Waals surface area contributed by atoms with Gasteiger partial charge in [0.1, 0.15) is 5.82 Å². The molecule has 0 aliphatic rings. The fourth-order valence-corrected chi connectivity index (χ4v) is 4.09. The first-order valence-electron chi connectivity index (χ1n) is 8.48. The highest BCUT2D eigenvalue weighted by molar-refractivity contribution is 9.10. The molecule has 0 saturated carbocycles. The van der Waals surface area contributed by atoms with Crippen LogP contribution >= 0.6 is 15.9 Å². The third-order valence-electron chi connectivity index (χ3n) is 4.11. The van der Waals surface area contributed by atoms with Crippen molar-refractivity contribution in [1.29, 1.82) is 0 Å². The average Bonchev–Trinajstić information content (AvgIpc) is 2.70. The van der Waals surface area contributed by atoms with Gasteiger partial charge in [-0.25, -0.2) is 12.8 Å². The first-order chi connectivity index (χ1) is 13.8. The monoisotopic (exact) mass is 477 g/mol. The van der Waals surface area contributed by atoms with Crippen molar-refractivity contribution in [3.63, 3.8) is 0 Å². The molecule has 1 N–H and O–H groups in total. The second-order valence-electron chi connectivity index (χ2n) is 6.26. The van der Waals surface area contributed by atoms with Gasteiger partial charge in [0.15, 0.2) is 0 Å². The van der Waals surface area contributed by atoms with Crippen molar-refractivity contribution in [2.24, 2.45) is 0 Å². The van der Waals surface area contributed by atoms with Crippen LogP contribution in [0.15, 0.2) is 76.4 Å². The molecule has 0 aliphatic carbocycles. The Kier molecular flexibility index (Phi) is 6.29. The van der Waals surface area contributed by atoms with Gasteiger partial charge < -0.3 is 4.90 Å². The number of nitrogens with one attached hydrogen (secondary N) is 1. The maximum absolute atomic E-state index is 13.9. The Bertz CT molecular complexity index is 1120. The molecule has 0 atom stereocenters. The summed E-state index contributed by atoms with van der Waals surface area (Å²) < 4.78 is 42.0. The van der Waals surface area contributed by atoms with E-state index in [0.717, 1.165) is 0 Å². The number of nitrogens with zero attached hydrogens (tertiary/aromatic N) is 2. The topological polar surface area (TPSA) is 79.4 Å². The van der Waals surface area contributed by atoms with Crippen molar-refractivity contribution in [2.75, 3.05) is 11.8 Å². The van der Waals surface area contributed by atoms with Crippen LogP contribution in [0.4, 0.5) is 10.1 Å². The minimum atomic E-state index is -3.79. The number of aromatic nitrogens is 1. The van der Waals surface area contributed by atoms with Crippen molar-refractivity contribution in [2.45, 2.75) is 11.4 Å². The highest BCUT2D eigenvalue weighted by Gasteiger charge is 2.18. The molecule has 0 radical (unpaired) electrons. The molecule has 2 aromatic carbocycles. The van der Waals surface area contributed by atoms with Crippen LogP contribution in [-0.2, 0) is 16.6 Å². The third kappa shape index (κ3) is 5.18. The zero-order chi connectivity index (χ0) is 21.0. The predicted octanol–water partition coefficient (Wildman–Crippen LogP) is 4.06. The molecule has 29 heavy (non-hydrogen) atoms. The second kappa shape index (κ2) is 8.71. The Balaban J connectivity index is 1.73. The number of benzene rings is 2. The van der Waals surface area contributed by atoms with Gasteiger partial charge in [-0.2, -0.15) is 0 Å². The lowest BCUT2D eigenvalue weighted by molar-refractivity contribution is 0.0783. The Morgan fingerprint density at radius 3 is 2.41 bits per heavy atom. The lowest BCUT2D eigenvalue weighted by Crippen LogP contribution is -2.26. The summed E-state index contributed by atoms with van der Waals surface area (Å²) in [5, 5.41) is 0. The van der Waals surface area contributed by atoms with Gasteiger partial charge in [0, 0.05) is 41.6 Å². The standard InChI is InChI=1S/C20H17BrFN3O3S/c1-25(13-15-12-16(21)4-7-19(15)22)20(26)14-2-5-18(6-3-14)29(27,28)24-17-8-10-23-11-9-17/h2-12H,13H2,1H3,(H,23,24). The number of halogens is 2. The smallest absolute Gasteiger partial charge is 0.261 e. The van der Waals surface area contributed by atoms with E-state index in [2.05, 4.69) is 25.6 Å². The van der Waals surface area contributed by atoms with E-state index in [4.69, 9.17) is 0 Å². The lowest BCUT2D eigenvalue weighted by Gasteiger charge is -2.18. The van der Waals surface area contributed by atoms with Crippen molar-refractivity contribution in [1.82, 2.24) is 9.88 Å². The number of carbonyl (C=O) groups excluding carboxylic acids is 1. The first-order valence-corrected chi connectivity index (χ1v) is 10.8. The van der Waals surface area contributed by atoms with Crippen LogP contribution in [0.25, 0.3) is 0 Å². The summed E-state index contributed by atoms with van der Waals surface area (Å²) in [6.07, 6.45) is 2.95. The summed E-state index contributed by atoms with van der Waals surface area (Å²) in [5.41, 5.74) is 1.05. The number of amides is 1. The molecule has 3 rings (SSSR count). The van der Waals surface area contributed by atoms with Crippen molar-refractivity contribution < 1.29 is 17.6 Å². The molecular weight excluding hydrogens is 461 g/mol. The van der Waals surface area contributed by atoms with Crippen molar-refractivity contribution in [3.8, 4) is 0 Å². The predicted molar refractivity (Wildman–Crippen MR) is 111 cm³/mol. The molecule has 0 saturated heterocycles. The van der Waals surface area contributed by atoms with Gasteiger partial charge in [-0.15, -0.1) is 0 Å². The van der Waals surface area contributed by atoms with Gasteiger partial charge in [0.05, 0.1) is 10.6 Å². The Labute approximate surface area is 176 Å². The summed E-state index contributed by atoms with van der Waals surface area (Å²) in [5.74, 6) is -0.758. The van der Waals surface area contributed by atoms with E-state index < -0.39 is 15.8 Å². The SMILES string of the molecule is CN(Cc1cc(Br)ccc1F)C(=O)c1ccc(S(=O)(=O)Nc2ccncc2)cc1. The molecule has 1 heterocycles. The second-order valence-corrected chi connectivity index (χ2v) is 8.86. The van der Waals surface area contributed by atoms with E-state index in [-0.39, 0.29) is 17.3 Å². The van der Waals surface area contributed by atoms with Gasteiger partial charge in [-0.05, 0) is 54.6 Å². The number of carbonyl (C=O) groups is 1. The lowest BCUT2D eigenvalue weighted by atomic mass is 10.1. The van der Waals surface area contributed by atoms with Crippen LogP contribution in [0.5, 0.6) is 0 Å². The fraction of sp³-hybridized carbons (Fsp3) is 0.100. The van der Waals surface area contributed by atoms with Crippen LogP contribution in [0, 0.1) is 5.82 Å². The fourth-order valence-electron chi connectivity index (χ4n) is 2.62. The van der Waals surface area contributed by atoms with E-state index in [1.54, 1.807) is 19.2 Å². The largest absolute Gasteiger partial charge is 0.337 e. The quantitative estimate of drug-likeness (QED) is 0.580. The molecule has 0 unspecified atom stereocenters. The van der Waals surface area contributed by atoms with E-state index in [9.17, 15) is 17.6 Å². The van der Waals surface area contributed by atoms with Crippen LogP contribution in [0.1, 0.15) is 15.9 Å². The van der Waals surface area contributed by atoms with Gasteiger partial charge in [-0.1, -0.05) is 15.9 Å². The van der Waals surface area contributed by atoms with E-state index in [1.807, 2.05) is 0 Å². The van der Waals surface area contributed by atoms with Crippen molar-refractivity contribution in [3.05, 3.63) is 88.4 Å².